The zero-order valence-electron chi connectivity index (χ0n) is 15.1. The molecule has 1 atom stereocenters. The summed E-state index contributed by atoms with van der Waals surface area (Å²) < 4.78 is 7.41. The Bertz CT molecular complexity index is 827. The lowest BCUT2D eigenvalue weighted by Gasteiger charge is -2.17. The van der Waals surface area contributed by atoms with Crippen molar-refractivity contribution >= 4 is 10.9 Å². The first-order valence-electron chi connectivity index (χ1n) is 8.95. The number of rotatable bonds is 9. The number of aliphatic hydroxyl groups is 2. The average Bonchev–Trinajstić information content (AvgIpc) is 3.04. The minimum atomic E-state index is -0.513. The van der Waals surface area contributed by atoms with Crippen LogP contribution in [0.15, 0.2) is 54.6 Å². The van der Waals surface area contributed by atoms with Crippen LogP contribution in [0, 0.1) is 0 Å². The molecule has 138 valence electrons. The van der Waals surface area contributed by atoms with Gasteiger partial charge in [0.2, 0.25) is 0 Å². The van der Waals surface area contributed by atoms with Gasteiger partial charge in [-0.15, -0.1) is 0 Å². The van der Waals surface area contributed by atoms with Gasteiger partial charge in [-0.1, -0.05) is 18.2 Å². The molecule has 0 fully saturated rings. The third kappa shape index (κ3) is 4.25. The normalized spacial score (nSPS) is 12.4. The van der Waals surface area contributed by atoms with Crippen LogP contribution in [0.5, 0.6) is 5.75 Å². The monoisotopic (exact) mass is 354 g/mol. The van der Waals surface area contributed by atoms with Gasteiger partial charge in [0.25, 0.3) is 0 Å². The molecule has 0 aliphatic rings. The van der Waals surface area contributed by atoms with E-state index >= 15 is 0 Å². The van der Waals surface area contributed by atoms with Gasteiger partial charge in [-0.05, 0) is 54.9 Å². The molecule has 0 spiro atoms. The first-order chi connectivity index (χ1) is 12.7. The van der Waals surface area contributed by atoms with E-state index in [4.69, 9.17) is 9.84 Å². The summed E-state index contributed by atoms with van der Waals surface area (Å²) in [6.07, 6.45) is 0.178. The third-order valence-corrected chi connectivity index (χ3v) is 4.48. The lowest BCUT2D eigenvalue weighted by molar-refractivity contribution is 0.152. The first-order valence-corrected chi connectivity index (χ1v) is 8.95. The van der Waals surface area contributed by atoms with Crippen LogP contribution in [0.1, 0.15) is 6.42 Å². The number of aliphatic hydroxyl groups excluding tert-OH is 2. The maximum absolute atomic E-state index is 10.5. The summed E-state index contributed by atoms with van der Waals surface area (Å²) in [6.45, 7) is 1.85. The second-order valence-electron chi connectivity index (χ2n) is 6.36. The fraction of sp³-hybridized carbons (Fsp3) is 0.333. The molecule has 26 heavy (non-hydrogen) atoms. The molecule has 3 aromatic rings. The molecule has 0 amide bonds. The van der Waals surface area contributed by atoms with Crippen LogP contribution in [0.4, 0.5) is 0 Å². The fourth-order valence-corrected chi connectivity index (χ4v) is 3.16. The van der Waals surface area contributed by atoms with Gasteiger partial charge in [-0.2, -0.15) is 0 Å². The summed E-state index contributed by atoms with van der Waals surface area (Å²) in [7, 11) is 1.66. The molecular weight excluding hydrogens is 328 g/mol. The summed E-state index contributed by atoms with van der Waals surface area (Å²) in [5.41, 5.74) is 3.26. The second-order valence-corrected chi connectivity index (χ2v) is 6.36. The molecule has 0 radical (unpaired) electrons. The van der Waals surface area contributed by atoms with Crippen molar-refractivity contribution in [1.29, 1.82) is 0 Å². The topological polar surface area (TPSA) is 66.7 Å². The minimum absolute atomic E-state index is 0.160. The standard InChI is InChI=1S/C21H26N2O3/c1-26-19-9-7-16(8-10-19)21-13-17-5-2-3-6-20(17)23(21)15-18(25)14-22-11-4-12-24/h2-3,5-10,13,18,22,24-25H,4,11-12,14-15H2,1H3. The number of ether oxygens (including phenoxy) is 1. The largest absolute Gasteiger partial charge is 0.497 e. The van der Waals surface area contributed by atoms with Crippen molar-refractivity contribution in [2.24, 2.45) is 0 Å². The molecule has 5 nitrogen and oxygen atoms in total. The van der Waals surface area contributed by atoms with E-state index in [1.54, 1.807) is 7.11 Å². The summed E-state index contributed by atoms with van der Waals surface area (Å²) in [4.78, 5) is 0. The molecule has 1 unspecified atom stereocenters. The van der Waals surface area contributed by atoms with Crippen molar-refractivity contribution in [3.05, 3.63) is 54.6 Å². The van der Waals surface area contributed by atoms with E-state index in [-0.39, 0.29) is 6.61 Å². The van der Waals surface area contributed by atoms with Crippen molar-refractivity contribution in [2.75, 3.05) is 26.8 Å². The van der Waals surface area contributed by atoms with Crippen LogP contribution in [-0.2, 0) is 6.54 Å². The van der Waals surface area contributed by atoms with E-state index in [2.05, 4.69) is 28.1 Å². The number of hydrogen-bond donors (Lipinski definition) is 3. The Morgan fingerprint density at radius 3 is 2.62 bits per heavy atom. The smallest absolute Gasteiger partial charge is 0.118 e. The van der Waals surface area contributed by atoms with E-state index in [1.165, 1.54) is 0 Å². The van der Waals surface area contributed by atoms with Crippen molar-refractivity contribution in [1.82, 2.24) is 9.88 Å². The lowest BCUT2D eigenvalue weighted by Crippen LogP contribution is -2.31. The average molecular weight is 354 g/mol. The van der Waals surface area contributed by atoms with Crippen LogP contribution >= 0.6 is 0 Å². The highest BCUT2D eigenvalue weighted by Gasteiger charge is 2.14. The number of nitrogens with one attached hydrogen (secondary N) is 1. The van der Waals surface area contributed by atoms with Crippen LogP contribution in [-0.4, -0.2) is 47.7 Å². The number of fused-ring (bicyclic) bond motifs is 1. The van der Waals surface area contributed by atoms with Gasteiger partial charge in [0.15, 0.2) is 0 Å². The van der Waals surface area contributed by atoms with Crippen molar-refractivity contribution in [3.63, 3.8) is 0 Å². The Labute approximate surface area is 153 Å². The highest BCUT2D eigenvalue weighted by atomic mass is 16.5. The lowest BCUT2D eigenvalue weighted by atomic mass is 10.1. The molecule has 3 rings (SSSR count). The Kier molecular flexibility index (Phi) is 6.28. The Morgan fingerprint density at radius 1 is 1.12 bits per heavy atom. The second kappa shape index (κ2) is 8.85. The van der Waals surface area contributed by atoms with Crippen molar-refractivity contribution < 1.29 is 14.9 Å². The number of benzene rings is 2. The molecule has 0 aliphatic heterocycles. The number of methoxy groups -OCH3 is 1. The van der Waals surface area contributed by atoms with E-state index in [9.17, 15) is 5.11 Å². The zero-order chi connectivity index (χ0) is 18.4. The van der Waals surface area contributed by atoms with Gasteiger partial charge < -0.3 is 24.8 Å². The maximum atomic E-state index is 10.5. The maximum Gasteiger partial charge on any atom is 0.118 e. The number of para-hydroxylation sites is 1. The number of nitrogens with zero attached hydrogens (tertiary/aromatic N) is 1. The quantitative estimate of drug-likeness (QED) is 0.517. The van der Waals surface area contributed by atoms with Gasteiger partial charge in [0.1, 0.15) is 5.75 Å². The molecule has 0 bridgehead atoms. The molecule has 5 heteroatoms. The fourth-order valence-electron chi connectivity index (χ4n) is 3.16. The van der Waals surface area contributed by atoms with Crippen molar-refractivity contribution in [2.45, 2.75) is 19.1 Å². The Balaban J connectivity index is 1.87. The van der Waals surface area contributed by atoms with Gasteiger partial charge in [0.05, 0.1) is 19.8 Å². The molecule has 0 saturated carbocycles. The van der Waals surface area contributed by atoms with Crippen LogP contribution in [0.2, 0.25) is 0 Å². The SMILES string of the molecule is COc1ccc(-c2cc3ccccc3n2CC(O)CNCCCO)cc1. The van der Waals surface area contributed by atoms with Crippen LogP contribution in [0.3, 0.4) is 0 Å². The molecule has 0 aliphatic carbocycles. The minimum Gasteiger partial charge on any atom is -0.497 e. The zero-order valence-corrected chi connectivity index (χ0v) is 15.1. The molecule has 0 saturated heterocycles. The molecule has 2 aromatic carbocycles. The van der Waals surface area contributed by atoms with Gasteiger partial charge >= 0.3 is 0 Å². The Hall–Kier alpha value is -2.34. The van der Waals surface area contributed by atoms with Crippen LogP contribution < -0.4 is 10.1 Å². The summed E-state index contributed by atoms with van der Waals surface area (Å²) >= 11 is 0. The highest BCUT2D eigenvalue weighted by molar-refractivity contribution is 5.87. The van der Waals surface area contributed by atoms with E-state index < -0.39 is 6.10 Å². The van der Waals surface area contributed by atoms with E-state index in [0.717, 1.165) is 27.9 Å². The summed E-state index contributed by atoms with van der Waals surface area (Å²) in [6, 6.07) is 18.3. The molecule has 1 aromatic heterocycles. The predicted molar refractivity (Wildman–Crippen MR) is 105 cm³/mol. The highest BCUT2D eigenvalue weighted by Crippen LogP contribution is 2.29. The number of hydrogen-bond acceptors (Lipinski definition) is 4. The molecule has 3 N–H and O–H groups in total. The number of aromatic nitrogens is 1. The van der Waals surface area contributed by atoms with Crippen LogP contribution in [0.25, 0.3) is 22.2 Å². The molecule has 1 heterocycles. The van der Waals surface area contributed by atoms with E-state index in [1.807, 2.05) is 36.4 Å². The predicted octanol–water partition coefficient (Wildman–Crippen LogP) is 2.65. The first kappa shape index (κ1) is 18.5. The Morgan fingerprint density at radius 2 is 1.88 bits per heavy atom. The van der Waals surface area contributed by atoms with E-state index in [0.29, 0.717) is 26.1 Å². The molecular formula is C21H26N2O3. The van der Waals surface area contributed by atoms with Crippen molar-refractivity contribution in [3.8, 4) is 17.0 Å². The van der Waals surface area contributed by atoms with Gasteiger partial charge in [0, 0.05) is 29.7 Å². The third-order valence-electron chi connectivity index (χ3n) is 4.48. The summed E-state index contributed by atoms with van der Waals surface area (Å²) in [5, 5.41) is 23.6. The van der Waals surface area contributed by atoms with Gasteiger partial charge in [-0.25, -0.2) is 0 Å². The summed E-state index contributed by atoms with van der Waals surface area (Å²) in [5.74, 6) is 0.824. The van der Waals surface area contributed by atoms with Gasteiger partial charge in [-0.3, -0.25) is 0 Å².